The Balaban J connectivity index is 1.86. The summed E-state index contributed by atoms with van der Waals surface area (Å²) in [5, 5.41) is 13.4. The molecular formula is C11H22N2O. The predicted molar refractivity (Wildman–Crippen MR) is 57.3 cm³/mol. The van der Waals surface area contributed by atoms with Gasteiger partial charge in [0.25, 0.3) is 0 Å². The molecule has 0 aromatic heterocycles. The Morgan fingerprint density at radius 2 is 2.14 bits per heavy atom. The summed E-state index contributed by atoms with van der Waals surface area (Å²) in [5.41, 5.74) is -0.0111. The molecule has 0 radical (unpaired) electrons. The molecule has 2 rings (SSSR count). The molecule has 2 fully saturated rings. The molecule has 1 atom stereocenters. The maximum absolute atomic E-state index is 10.2. The number of aliphatic hydroxyl groups is 1. The van der Waals surface area contributed by atoms with Crippen LogP contribution in [0.3, 0.4) is 0 Å². The van der Waals surface area contributed by atoms with Gasteiger partial charge in [-0.2, -0.15) is 0 Å². The number of nitrogens with one attached hydrogen (secondary N) is 1. The highest BCUT2D eigenvalue weighted by Crippen LogP contribution is 2.30. The largest absolute Gasteiger partial charge is 0.387 e. The van der Waals surface area contributed by atoms with E-state index in [1.54, 1.807) is 0 Å². The summed E-state index contributed by atoms with van der Waals surface area (Å²) in [6, 6.07) is 0. The molecule has 82 valence electrons. The van der Waals surface area contributed by atoms with E-state index in [0.29, 0.717) is 5.41 Å². The molecule has 14 heavy (non-hydrogen) atoms. The van der Waals surface area contributed by atoms with Crippen molar-refractivity contribution in [3.8, 4) is 0 Å². The average molecular weight is 198 g/mol. The van der Waals surface area contributed by atoms with Crippen molar-refractivity contribution < 1.29 is 5.11 Å². The lowest BCUT2D eigenvalue weighted by Crippen LogP contribution is -2.44. The molecule has 2 saturated heterocycles. The minimum Gasteiger partial charge on any atom is -0.387 e. The van der Waals surface area contributed by atoms with Crippen molar-refractivity contribution in [2.75, 3.05) is 32.7 Å². The van der Waals surface area contributed by atoms with Gasteiger partial charge in [0, 0.05) is 19.6 Å². The third kappa shape index (κ3) is 2.27. The van der Waals surface area contributed by atoms with Crippen LogP contribution in [-0.2, 0) is 0 Å². The summed E-state index contributed by atoms with van der Waals surface area (Å²) in [5.74, 6) is 0. The van der Waals surface area contributed by atoms with Crippen molar-refractivity contribution in [2.24, 2.45) is 5.41 Å². The smallest absolute Gasteiger partial charge is 0.0909 e. The summed E-state index contributed by atoms with van der Waals surface area (Å²) in [6.07, 6.45) is 2.17. The molecule has 0 aromatic rings. The third-order valence-corrected chi connectivity index (χ3v) is 3.50. The van der Waals surface area contributed by atoms with E-state index in [4.69, 9.17) is 0 Å². The molecular weight excluding hydrogens is 176 g/mol. The lowest BCUT2D eigenvalue weighted by Gasteiger charge is -2.28. The van der Waals surface area contributed by atoms with Crippen LogP contribution in [0.5, 0.6) is 0 Å². The first-order valence-corrected chi connectivity index (χ1v) is 5.65. The van der Waals surface area contributed by atoms with Crippen molar-refractivity contribution in [2.45, 2.75) is 32.3 Å². The van der Waals surface area contributed by atoms with E-state index in [-0.39, 0.29) is 0 Å². The summed E-state index contributed by atoms with van der Waals surface area (Å²) in [4.78, 5) is 2.41. The van der Waals surface area contributed by atoms with E-state index in [9.17, 15) is 5.11 Å². The predicted octanol–water partition coefficient (Wildman–Crippen LogP) is 0.443. The van der Waals surface area contributed by atoms with E-state index in [1.807, 2.05) is 0 Å². The quantitative estimate of drug-likeness (QED) is 0.676. The first-order valence-electron chi connectivity index (χ1n) is 5.65. The van der Waals surface area contributed by atoms with E-state index >= 15 is 0 Å². The minimum absolute atomic E-state index is 0.447. The molecule has 0 aromatic carbocycles. The van der Waals surface area contributed by atoms with Crippen LogP contribution in [0.15, 0.2) is 0 Å². The second-order valence-electron chi connectivity index (χ2n) is 5.78. The fraction of sp³-hybridized carbons (Fsp3) is 1.00. The van der Waals surface area contributed by atoms with Crippen molar-refractivity contribution in [1.29, 1.82) is 0 Å². The van der Waals surface area contributed by atoms with Crippen LogP contribution in [0.25, 0.3) is 0 Å². The first kappa shape index (κ1) is 10.4. The molecule has 3 heteroatoms. The SMILES string of the molecule is CC1(C)CCN(CC2(O)CCNC2)C1. The van der Waals surface area contributed by atoms with Gasteiger partial charge in [0.2, 0.25) is 0 Å². The Labute approximate surface area is 86.5 Å². The maximum Gasteiger partial charge on any atom is 0.0909 e. The molecule has 3 nitrogen and oxygen atoms in total. The molecule has 0 spiro atoms. The summed E-state index contributed by atoms with van der Waals surface area (Å²) in [7, 11) is 0. The van der Waals surface area contributed by atoms with Gasteiger partial charge in [-0.15, -0.1) is 0 Å². The lowest BCUT2D eigenvalue weighted by molar-refractivity contribution is 0.0254. The monoisotopic (exact) mass is 198 g/mol. The molecule has 0 amide bonds. The fourth-order valence-corrected chi connectivity index (χ4v) is 2.64. The number of nitrogens with zero attached hydrogens (tertiary/aromatic N) is 1. The molecule has 0 bridgehead atoms. The van der Waals surface area contributed by atoms with Gasteiger partial charge in [-0.3, -0.25) is 4.90 Å². The van der Waals surface area contributed by atoms with E-state index in [1.165, 1.54) is 6.42 Å². The van der Waals surface area contributed by atoms with E-state index in [2.05, 4.69) is 24.1 Å². The number of hydrogen-bond acceptors (Lipinski definition) is 3. The lowest BCUT2D eigenvalue weighted by atomic mass is 9.93. The molecule has 2 aliphatic rings. The van der Waals surface area contributed by atoms with Crippen molar-refractivity contribution in [1.82, 2.24) is 10.2 Å². The highest BCUT2D eigenvalue weighted by atomic mass is 16.3. The molecule has 2 heterocycles. The van der Waals surface area contributed by atoms with Gasteiger partial charge in [0.1, 0.15) is 0 Å². The number of likely N-dealkylation sites (tertiary alicyclic amines) is 1. The highest BCUT2D eigenvalue weighted by molar-refractivity contribution is 4.93. The van der Waals surface area contributed by atoms with Crippen LogP contribution >= 0.6 is 0 Å². The molecule has 2 aliphatic heterocycles. The van der Waals surface area contributed by atoms with Crippen molar-refractivity contribution in [3.63, 3.8) is 0 Å². The van der Waals surface area contributed by atoms with Gasteiger partial charge in [-0.05, 0) is 31.3 Å². The Kier molecular flexibility index (Phi) is 2.58. The van der Waals surface area contributed by atoms with E-state index in [0.717, 1.165) is 39.1 Å². The zero-order valence-corrected chi connectivity index (χ0v) is 9.34. The zero-order chi connectivity index (χ0) is 10.2. The molecule has 0 saturated carbocycles. The molecule has 2 N–H and O–H groups in total. The number of rotatable bonds is 2. The number of hydrogen-bond donors (Lipinski definition) is 2. The van der Waals surface area contributed by atoms with Crippen LogP contribution in [0, 0.1) is 5.41 Å². The highest BCUT2D eigenvalue weighted by Gasteiger charge is 2.37. The Hall–Kier alpha value is -0.120. The van der Waals surface area contributed by atoms with Crippen molar-refractivity contribution in [3.05, 3.63) is 0 Å². The zero-order valence-electron chi connectivity index (χ0n) is 9.34. The second kappa shape index (κ2) is 3.47. The molecule has 0 aliphatic carbocycles. The standard InChI is InChI=1S/C11H22N2O/c1-10(2)4-6-13(8-10)9-11(14)3-5-12-7-11/h12,14H,3-9H2,1-2H3. The second-order valence-corrected chi connectivity index (χ2v) is 5.78. The topological polar surface area (TPSA) is 35.5 Å². The number of β-amino-alcohol motifs (C(OH)–C–C–N with tert-alkyl or cyclic N) is 1. The van der Waals surface area contributed by atoms with Crippen LogP contribution in [0.4, 0.5) is 0 Å². The maximum atomic E-state index is 10.2. The van der Waals surface area contributed by atoms with Gasteiger partial charge in [0.15, 0.2) is 0 Å². The Bertz CT molecular complexity index is 209. The third-order valence-electron chi connectivity index (χ3n) is 3.50. The summed E-state index contributed by atoms with van der Waals surface area (Å²) < 4.78 is 0. The van der Waals surface area contributed by atoms with Gasteiger partial charge in [-0.1, -0.05) is 13.8 Å². The first-order chi connectivity index (χ1) is 6.49. The Morgan fingerprint density at radius 1 is 1.36 bits per heavy atom. The van der Waals surface area contributed by atoms with Gasteiger partial charge in [0.05, 0.1) is 5.60 Å². The van der Waals surface area contributed by atoms with Crippen molar-refractivity contribution >= 4 is 0 Å². The fourth-order valence-electron chi connectivity index (χ4n) is 2.64. The van der Waals surface area contributed by atoms with Gasteiger partial charge in [-0.25, -0.2) is 0 Å². The molecule has 1 unspecified atom stereocenters. The van der Waals surface area contributed by atoms with Crippen LogP contribution in [0.1, 0.15) is 26.7 Å². The van der Waals surface area contributed by atoms with E-state index < -0.39 is 5.60 Å². The van der Waals surface area contributed by atoms with Crippen LogP contribution in [0.2, 0.25) is 0 Å². The minimum atomic E-state index is -0.458. The Morgan fingerprint density at radius 3 is 2.64 bits per heavy atom. The summed E-state index contributed by atoms with van der Waals surface area (Å²) in [6.45, 7) is 9.49. The summed E-state index contributed by atoms with van der Waals surface area (Å²) >= 11 is 0. The average Bonchev–Trinajstić information content (AvgIpc) is 2.59. The van der Waals surface area contributed by atoms with Gasteiger partial charge >= 0.3 is 0 Å². The van der Waals surface area contributed by atoms with Gasteiger partial charge < -0.3 is 10.4 Å². The van der Waals surface area contributed by atoms with Crippen LogP contribution in [-0.4, -0.2) is 48.3 Å². The normalized spacial score (nSPS) is 37.9. The van der Waals surface area contributed by atoms with Crippen LogP contribution < -0.4 is 5.32 Å².